The predicted octanol–water partition coefficient (Wildman–Crippen LogP) is 3.06. The van der Waals surface area contributed by atoms with Gasteiger partial charge >= 0.3 is 0 Å². The first-order valence-electron chi connectivity index (χ1n) is 6.11. The number of unbranched alkanes of at least 4 members (excludes halogenated alkanes) is 2. The Balaban J connectivity index is 2.15. The van der Waals surface area contributed by atoms with Crippen molar-refractivity contribution in [3.8, 4) is 0 Å². The lowest BCUT2D eigenvalue weighted by atomic mass is 10.1. The molecule has 0 aliphatic rings. The number of hydrogen-bond donors (Lipinski definition) is 0. The van der Waals surface area contributed by atoms with Gasteiger partial charge < -0.3 is 0 Å². The topological polar surface area (TPSA) is 30.7 Å². The van der Waals surface area contributed by atoms with E-state index in [-0.39, 0.29) is 0 Å². The molecular weight excluding hydrogens is 186 g/mol. The van der Waals surface area contributed by atoms with Crippen molar-refractivity contribution >= 4 is 0 Å². The molecule has 0 atom stereocenters. The van der Waals surface area contributed by atoms with Crippen molar-refractivity contribution in [1.29, 1.82) is 0 Å². The lowest BCUT2D eigenvalue weighted by molar-refractivity contribution is 0.480. The van der Waals surface area contributed by atoms with E-state index < -0.39 is 0 Å². The second-order valence-electron chi connectivity index (χ2n) is 4.55. The minimum atomic E-state index is 0.836. The van der Waals surface area contributed by atoms with Gasteiger partial charge in [-0.25, -0.2) is 4.68 Å². The maximum Gasteiger partial charge on any atom is 0.0725 e. The van der Waals surface area contributed by atoms with Crippen LogP contribution in [0, 0.1) is 5.92 Å². The second-order valence-corrected chi connectivity index (χ2v) is 4.55. The highest BCUT2D eigenvalue weighted by molar-refractivity contribution is 4.92. The minimum Gasteiger partial charge on any atom is -0.249 e. The van der Waals surface area contributed by atoms with Crippen molar-refractivity contribution in [1.82, 2.24) is 15.0 Å². The van der Waals surface area contributed by atoms with Crippen LogP contribution < -0.4 is 0 Å². The van der Waals surface area contributed by atoms with E-state index in [4.69, 9.17) is 0 Å². The Morgan fingerprint density at radius 3 is 2.73 bits per heavy atom. The smallest absolute Gasteiger partial charge is 0.0725 e. The van der Waals surface area contributed by atoms with Crippen LogP contribution in [0.3, 0.4) is 0 Å². The summed E-state index contributed by atoms with van der Waals surface area (Å²) in [6.07, 6.45) is 8.11. The van der Waals surface area contributed by atoms with Crippen LogP contribution in [0.15, 0.2) is 6.20 Å². The molecule has 0 aromatic carbocycles. The van der Waals surface area contributed by atoms with Crippen molar-refractivity contribution < 1.29 is 0 Å². The molecule has 1 aromatic rings. The van der Waals surface area contributed by atoms with E-state index in [0.717, 1.165) is 18.9 Å². The first kappa shape index (κ1) is 12.2. The Kier molecular flexibility index (Phi) is 5.37. The summed E-state index contributed by atoms with van der Waals surface area (Å²) in [4.78, 5) is 0. The van der Waals surface area contributed by atoms with Crippen LogP contribution in [0.5, 0.6) is 0 Å². The van der Waals surface area contributed by atoms with Gasteiger partial charge in [0.15, 0.2) is 0 Å². The van der Waals surface area contributed by atoms with Gasteiger partial charge in [-0.15, -0.1) is 5.10 Å². The van der Waals surface area contributed by atoms with Crippen LogP contribution in [0.25, 0.3) is 0 Å². The van der Waals surface area contributed by atoms with Crippen molar-refractivity contribution in [2.24, 2.45) is 5.92 Å². The first-order valence-corrected chi connectivity index (χ1v) is 6.11. The Morgan fingerprint density at radius 1 is 1.27 bits per heavy atom. The molecule has 0 radical (unpaired) electrons. The number of aromatic nitrogens is 3. The largest absolute Gasteiger partial charge is 0.249 e. The van der Waals surface area contributed by atoms with Crippen molar-refractivity contribution in [3.05, 3.63) is 11.9 Å². The highest BCUT2D eigenvalue weighted by Crippen LogP contribution is 2.09. The molecule has 0 aliphatic heterocycles. The average molecular weight is 209 g/mol. The van der Waals surface area contributed by atoms with E-state index >= 15 is 0 Å². The van der Waals surface area contributed by atoms with E-state index in [2.05, 4.69) is 31.1 Å². The number of nitrogens with zero attached hydrogens (tertiary/aromatic N) is 3. The zero-order valence-electron chi connectivity index (χ0n) is 10.2. The zero-order chi connectivity index (χ0) is 11.1. The van der Waals surface area contributed by atoms with Gasteiger partial charge in [-0.2, -0.15) is 0 Å². The summed E-state index contributed by atoms with van der Waals surface area (Å²) in [5.74, 6) is 0.836. The lowest BCUT2D eigenvalue weighted by Crippen LogP contribution is -2.04. The molecule has 1 rings (SSSR count). The third-order valence-corrected chi connectivity index (χ3v) is 2.71. The van der Waals surface area contributed by atoms with Gasteiger partial charge in [-0.05, 0) is 18.8 Å². The molecule has 0 spiro atoms. The number of aryl methyl sites for hydroxylation is 2. The van der Waals surface area contributed by atoms with Crippen LogP contribution in [0.2, 0.25) is 0 Å². The Hall–Kier alpha value is -0.860. The van der Waals surface area contributed by atoms with Gasteiger partial charge in [-0.1, -0.05) is 45.2 Å². The molecule has 0 amide bonds. The normalized spacial score (nSPS) is 11.2. The maximum absolute atomic E-state index is 4.09. The molecule has 0 bridgehead atoms. The van der Waals surface area contributed by atoms with Gasteiger partial charge in [0.05, 0.1) is 11.9 Å². The standard InChI is InChI=1S/C12H23N3/c1-4-12-10-13-14-15(12)9-7-5-6-8-11(2)3/h10-11H,4-9H2,1-3H3. The quantitative estimate of drug-likeness (QED) is 0.646. The van der Waals surface area contributed by atoms with E-state index in [0.29, 0.717) is 0 Å². The number of rotatable bonds is 7. The summed E-state index contributed by atoms with van der Waals surface area (Å²) < 4.78 is 2.04. The van der Waals surface area contributed by atoms with Crippen LogP contribution >= 0.6 is 0 Å². The van der Waals surface area contributed by atoms with Gasteiger partial charge in [0.2, 0.25) is 0 Å². The third kappa shape index (κ3) is 4.45. The van der Waals surface area contributed by atoms with Crippen LogP contribution in [0.4, 0.5) is 0 Å². The van der Waals surface area contributed by atoms with Crippen LogP contribution in [0.1, 0.15) is 52.1 Å². The Labute approximate surface area is 92.9 Å². The fourth-order valence-corrected chi connectivity index (χ4v) is 1.73. The highest BCUT2D eigenvalue weighted by Gasteiger charge is 2.00. The molecule has 0 fully saturated rings. The predicted molar refractivity (Wildman–Crippen MR) is 62.7 cm³/mol. The molecule has 0 saturated carbocycles. The van der Waals surface area contributed by atoms with Gasteiger partial charge in [0.25, 0.3) is 0 Å². The van der Waals surface area contributed by atoms with Gasteiger partial charge in [0.1, 0.15) is 0 Å². The summed E-state index contributed by atoms with van der Waals surface area (Å²) in [7, 11) is 0. The van der Waals surface area contributed by atoms with Crippen LogP contribution in [-0.4, -0.2) is 15.0 Å². The monoisotopic (exact) mass is 209 g/mol. The molecule has 0 aliphatic carbocycles. The second kappa shape index (κ2) is 6.59. The van der Waals surface area contributed by atoms with E-state index in [9.17, 15) is 0 Å². The molecule has 3 heteroatoms. The Morgan fingerprint density at radius 2 is 2.07 bits per heavy atom. The summed E-state index contributed by atoms with van der Waals surface area (Å²) >= 11 is 0. The molecule has 15 heavy (non-hydrogen) atoms. The lowest BCUT2D eigenvalue weighted by Gasteiger charge is -2.05. The molecular formula is C12H23N3. The molecule has 0 unspecified atom stereocenters. The maximum atomic E-state index is 4.09. The summed E-state index contributed by atoms with van der Waals surface area (Å²) in [5, 5.41) is 8.02. The summed E-state index contributed by atoms with van der Waals surface area (Å²) in [5.41, 5.74) is 1.25. The van der Waals surface area contributed by atoms with Gasteiger partial charge in [-0.3, -0.25) is 0 Å². The van der Waals surface area contributed by atoms with E-state index in [1.165, 1.54) is 31.4 Å². The molecule has 3 nitrogen and oxygen atoms in total. The van der Waals surface area contributed by atoms with Crippen molar-refractivity contribution in [2.45, 2.75) is 59.4 Å². The molecule has 1 heterocycles. The van der Waals surface area contributed by atoms with E-state index in [1.807, 2.05) is 10.9 Å². The Bertz CT molecular complexity index is 266. The summed E-state index contributed by atoms with van der Waals surface area (Å²) in [6, 6.07) is 0. The zero-order valence-corrected chi connectivity index (χ0v) is 10.2. The molecule has 1 aromatic heterocycles. The van der Waals surface area contributed by atoms with Crippen molar-refractivity contribution in [3.63, 3.8) is 0 Å². The molecule has 0 N–H and O–H groups in total. The highest BCUT2D eigenvalue weighted by atomic mass is 15.4. The minimum absolute atomic E-state index is 0.836. The van der Waals surface area contributed by atoms with Gasteiger partial charge in [0, 0.05) is 6.54 Å². The molecule has 0 saturated heterocycles. The fraction of sp³-hybridized carbons (Fsp3) is 0.833. The first-order chi connectivity index (χ1) is 7.24. The fourth-order valence-electron chi connectivity index (χ4n) is 1.73. The molecule has 86 valence electrons. The summed E-state index contributed by atoms with van der Waals surface area (Å²) in [6.45, 7) is 7.74. The average Bonchev–Trinajstić information content (AvgIpc) is 2.64. The van der Waals surface area contributed by atoms with Crippen molar-refractivity contribution in [2.75, 3.05) is 0 Å². The van der Waals surface area contributed by atoms with Crippen LogP contribution in [-0.2, 0) is 13.0 Å². The third-order valence-electron chi connectivity index (χ3n) is 2.71. The number of hydrogen-bond acceptors (Lipinski definition) is 2. The van der Waals surface area contributed by atoms with E-state index in [1.54, 1.807) is 0 Å². The SMILES string of the molecule is CCc1cnnn1CCCCCC(C)C.